The number of fused-ring (bicyclic) bond motifs is 1. The van der Waals surface area contributed by atoms with Crippen LogP contribution in [0.15, 0.2) is 72.1 Å². The second-order valence-electron chi connectivity index (χ2n) is 7.44. The summed E-state index contributed by atoms with van der Waals surface area (Å²) < 4.78 is 1.68. The number of aromatic nitrogens is 2. The van der Waals surface area contributed by atoms with E-state index in [4.69, 9.17) is 23.2 Å². The zero-order valence-electron chi connectivity index (χ0n) is 17.1. The number of halogens is 2. The van der Waals surface area contributed by atoms with E-state index in [1.165, 1.54) is 4.90 Å². The molecule has 2 heterocycles. The van der Waals surface area contributed by atoms with Gasteiger partial charge >= 0.3 is 5.97 Å². The quantitative estimate of drug-likeness (QED) is 0.549. The molecule has 164 valence electrons. The highest BCUT2D eigenvalue weighted by Gasteiger charge is 2.35. The molecular formula is C23H20Cl2N4O3. The van der Waals surface area contributed by atoms with Gasteiger partial charge in [-0.1, -0.05) is 59.6 Å². The second kappa shape index (κ2) is 9.06. The van der Waals surface area contributed by atoms with Gasteiger partial charge in [-0.3, -0.25) is 9.59 Å². The first kappa shape index (κ1) is 21.9. The number of anilines is 1. The van der Waals surface area contributed by atoms with E-state index in [0.29, 0.717) is 32.7 Å². The number of carbonyl (C=O) groups is 2. The van der Waals surface area contributed by atoms with Crippen LogP contribution in [0.3, 0.4) is 0 Å². The van der Waals surface area contributed by atoms with Crippen molar-refractivity contribution in [2.75, 3.05) is 11.9 Å². The first-order valence-corrected chi connectivity index (χ1v) is 10.6. The van der Waals surface area contributed by atoms with Crippen molar-refractivity contribution in [1.82, 2.24) is 14.7 Å². The zero-order valence-corrected chi connectivity index (χ0v) is 18.6. The molecular weight excluding hydrogens is 451 g/mol. The Hall–Kier alpha value is -3.29. The van der Waals surface area contributed by atoms with Gasteiger partial charge in [0, 0.05) is 18.3 Å². The monoisotopic (exact) mass is 470 g/mol. The first-order valence-electron chi connectivity index (χ1n) is 9.86. The van der Waals surface area contributed by atoms with Crippen LogP contribution in [0.2, 0.25) is 10.0 Å². The zero-order chi connectivity index (χ0) is 22.8. The van der Waals surface area contributed by atoms with E-state index in [9.17, 15) is 14.7 Å². The lowest BCUT2D eigenvalue weighted by Gasteiger charge is -2.32. The number of benzene rings is 2. The number of rotatable bonds is 6. The van der Waals surface area contributed by atoms with Gasteiger partial charge in [0.25, 0.3) is 5.91 Å². The van der Waals surface area contributed by atoms with Gasteiger partial charge in [-0.25, -0.2) is 4.68 Å². The molecule has 1 aliphatic heterocycles. The Bertz CT molecular complexity index is 1210. The summed E-state index contributed by atoms with van der Waals surface area (Å²) in [6.45, 7) is 1.50. The Labute approximate surface area is 194 Å². The van der Waals surface area contributed by atoms with Crippen molar-refractivity contribution in [2.45, 2.75) is 19.5 Å². The summed E-state index contributed by atoms with van der Waals surface area (Å²) in [4.78, 5) is 26.7. The molecule has 32 heavy (non-hydrogen) atoms. The van der Waals surface area contributed by atoms with Gasteiger partial charge in [0.15, 0.2) is 0 Å². The molecule has 9 heteroatoms. The molecule has 0 radical (unpaired) electrons. The molecule has 0 aliphatic carbocycles. The van der Waals surface area contributed by atoms with Crippen molar-refractivity contribution in [3.05, 3.63) is 93.2 Å². The van der Waals surface area contributed by atoms with E-state index in [1.807, 2.05) is 30.3 Å². The molecule has 3 aromatic rings. The van der Waals surface area contributed by atoms with Gasteiger partial charge in [-0.2, -0.15) is 5.10 Å². The minimum absolute atomic E-state index is 0.156. The molecule has 0 saturated carbocycles. The molecule has 2 aromatic carbocycles. The van der Waals surface area contributed by atoms with Gasteiger partial charge in [-0.05, 0) is 30.2 Å². The fraction of sp³-hybridized carbons (Fsp3) is 0.174. The Morgan fingerprint density at radius 2 is 1.88 bits per heavy atom. The maximum Gasteiger partial charge on any atom is 0.323 e. The number of allylic oxidation sites excluding steroid dienone is 1. The van der Waals surface area contributed by atoms with Crippen molar-refractivity contribution in [3.8, 4) is 0 Å². The van der Waals surface area contributed by atoms with E-state index < -0.39 is 24.5 Å². The Balaban J connectivity index is 1.79. The average Bonchev–Trinajstić information content (AvgIpc) is 3.22. The highest BCUT2D eigenvalue weighted by molar-refractivity contribution is 6.42. The molecule has 1 aromatic heterocycles. The number of nitrogens with one attached hydrogen (secondary N) is 1. The number of hydrogen-bond donors (Lipinski definition) is 2. The Morgan fingerprint density at radius 3 is 2.56 bits per heavy atom. The summed E-state index contributed by atoms with van der Waals surface area (Å²) in [7, 11) is 0. The summed E-state index contributed by atoms with van der Waals surface area (Å²) in [5.74, 6) is -0.788. The number of nitrogens with zero attached hydrogens (tertiary/aromatic N) is 3. The number of carboxylic acids is 1. The third-order valence-electron chi connectivity index (χ3n) is 5.23. The lowest BCUT2D eigenvalue weighted by Crippen LogP contribution is -2.40. The standard InChI is InChI=1S/C23H20Cl2N4O3/c1-14-21(23(32)28(13-20(30)31)12-15-5-3-2-4-6-15)22(29-19(27-14)9-10-26-29)16-7-8-17(24)18(25)11-16/h2-11,22,27H,12-13H2,1H3,(H,30,31). The topological polar surface area (TPSA) is 87.5 Å². The third-order valence-corrected chi connectivity index (χ3v) is 5.97. The van der Waals surface area contributed by atoms with Crippen LogP contribution in [0.25, 0.3) is 0 Å². The van der Waals surface area contributed by atoms with E-state index in [-0.39, 0.29) is 6.54 Å². The molecule has 1 unspecified atom stereocenters. The normalized spacial score (nSPS) is 15.2. The third kappa shape index (κ3) is 4.35. The molecule has 0 spiro atoms. The summed E-state index contributed by atoms with van der Waals surface area (Å²) in [5, 5.41) is 17.8. The highest BCUT2D eigenvalue weighted by atomic mass is 35.5. The minimum atomic E-state index is -1.10. The number of aliphatic carboxylic acids is 1. The molecule has 7 nitrogen and oxygen atoms in total. The molecule has 0 bridgehead atoms. The van der Waals surface area contributed by atoms with Crippen LogP contribution in [0.1, 0.15) is 24.1 Å². The van der Waals surface area contributed by atoms with E-state index >= 15 is 0 Å². The maximum absolute atomic E-state index is 13.8. The number of carboxylic acid groups (broad SMARTS) is 1. The van der Waals surface area contributed by atoms with Crippen molar-refractivity contribution in [3.63, 3.8) is 0 Å². The summed E-state index contributed by atoms with van der Waals surface area (Å²) in [6, 6.07) is 15.6. The molecule has 2 N–H and O–H groups in total. The predicted molar refractivity (Wildman–Crippen MR) is 123 cm³/mol. The molecule has 1 amide bonds. The first-order chi connectivity index (χ1) is 15.3. The van der Waals surface area contributed by atoms with Gasteiger partial charge < -0.3 is 15.3 Å². The van der Waals surface area contributed by atoms with Crippen LogP contribution in [-0.2, 0) is 16.1 Å². The van der Waals surface area contributed by atoms with Crippen LogP contribution in [-0.4, -0.2) is 38.2 Å². The predicted octanol–water partition coefficient (Wildman–Crippen LogP) is 4.59. The minimum Gasteiger partial charge on any atom is -0.480 e. The molecule has 0 saturated heterocycles. The number of amides is 1. The summed E-state index contributed by atoms with van der Waals surface area (Å²) in [6.07, 6.45) is 1.63. The SMILES string of the molecule is CC1=C(C(=O)N(CC(=O)O)Cc2ccccc2)C(c2ccc(Cl)c(Cl)c2)n2nccc2N1. The Morgan fingerprint density at radius 1 is 1.12 bits per heavy atom. The van der Waals surface area contributed by atoms with Crippen LogP contribution < -0.4 is 5.32 Å². The van der Waals surface area contributed by atoms with Gasteiger partial charge in [0.05, 0.1) is 21.8 Å². The number of carbonyl (C=O) groups excluding carboxylic acids is 1. The molecule has 1 aliphatic rings. The van der Waals surface area contributed by atoms with Crippen molar-refractivity contribution < 1.29 is 14.7 Å². The Kier molecular flexibility index (Phi) is 6.21. The van der Waals surface area contributed by atoms with Crippen LogP contribution in [0, 0.1) is 0 Å². The van der Waals surface area contributed by atoms with E-state index in [0.717, 1.165) is 5.56 Å². The summed E-state index contributed by atoms with van der Waals surface area (Å²) in [5.41, 5.74) is 2.54. The second-order valence-corrected chi connectivity index (χ2v) is 8.26. The lowest BCUT2D eigenvalue weighted by atomic mass is 9.94. The highest BCUT2D eigenvalue weighted by Crippen LogP contribution is 2.38. The van der Waals surface area contributed by atoms with Crippen LogP contribution in [0.5, 0.6) is 0 Å². The smallest absolute Gasteiger partial charge is 0.323 e. The lowest BCUT2D eigenvalue weighted by molar-refractivity contribution is -0.143. The fourth-order valence-corrected chi connectivity index (χ4v) is 4.12. The largest absolute Gasteiger partial charge is 0.480 e. The van der Waals surface area contributed by atoms with Gasteiger partial charge in [0.1, 0.15) is 18.4 Å². The van der Waals surface area contributed by atoms with E-state index in [2.05, 4.69) is 10.4 Å². The van der Waals surface area contributed by atoms with Crippen LogP contribution >= 0.6 is 23.2 Å². The fourth-order valence-electron chi connectivity index (χ4n) is 3.81. The van der Waals surface area contributed by atoms with Gasteiger partial charge in [0.2, 0.25) is 0 Å². The van der Waals surface area contributed by atoms with Crippen molar-refractivity contribution >= 4 is 40.9 Å². The summed E-state index contributed by atoms with van der Waals surface area (Å²) >= 11 is 12.4. The van der Waals surface area contributed by atoms with Crippen molar-refractivity contribution in [1.29, 1.82) is 0 Å². The molecule has 0 fully saturated rings. The van der Waals surface area contributed by atoms with Crippen LogP contribution in [0.4, 0.5) is 5.82 Å². The molecule has 4 rings (SSSR count). The molecule has 1 atom stereocenters. The average molecular weight is 471 g/mol. The number of hydrogen-bond acceptors (Lipinski definition) is 4. The van der Waals surface area contributed by atoms with Crippen molar-refractivity contribution in [2.24, 2.45) is 0 Å². The maximum atomic E-state index is 13.8. The van der Waals surface area contributed by atoms with E-state index in [1.54, 1.807) is 42.1 Å². The van der Waals surface area contributed by atoms with Gasteiger partial charge in [-0.15, -0.1) is 0 Å².